The second-order valence-electron chi connectivity index (χ2n) is 7.85. The van der Waals surface area contributed by atoms with E-state index in [4.69, 9.17) is 19.9 Å². The van der Waals surface area contributed by atoms with Gasteiger partial charge in [-0.1, -0.05) is 18.2 Å². The summed E-state index contributed by atoms with van der Waals surface area (Å²) in [5, 5.41) is 4.52. The van der Waals surface area contributed by atoms with Crippen LogP contribution >= 0.6 is 0 Å². The predicted octanol–water partition coefficient (Wildman–Crippen LogP) is 3.23. The molecule has 0 atom stereocenters. The average molecular weight is 386 g/mol. The summed E-state index contributed by atoms with van der Waals surface area (Å²) >= 11 is 0. The summed E-state index contributed by atoms with van der Waals surface area (Å²) in [6.07, 6.45) is 8.68. The van der Waals surface area contributed by atoms with E-state index in [-0.39, 0.29) is 0 Å². The molecule has 1 aliphatic rings. The molecule has 7 aromatic rings. The first-order chi connectivity index (χ1) is 14.9. The molecule has 6 heteroatoms. The first kappa shape index (κ1) is 14.9. The van der Waals surface area contributed by atoms with Gasteiger partial charge in [0.05, 0.1) is 33.1 Å². The van der Waals surface area contributed by atoms with Gasteiger partial charge in [-0.05, 0) is 30.7 Å². The topological polar surface area (TPSA) is 59.9 Å². The minimum Gasteiger partial charge on any atom is -0.290 e. The number of para-hydroxylation sites is 2. The van der Waals surface area contributed by atoms with Crippen molar-refractivity contribution in [1.29, 1.82) is 0 Å². The van der Waals surface area contributed by atoms with E-state index < -0.39 is 0 Å². The quantitative estimate of drug-likeness (QED) is 0.376. The van der Waals surface area contributed by atoms with Gasteiger partial charge in [0, 0.05) is 46.5 Å². The van der Waals surface area contributed by atoms with Gasteiger partial charge in [-0.3, -0.25) is 23.8 Å². The highest BCUT2D eigenvalue weighted by Crippen LogP contribution is 2.39. The van der Waals surface area contributed by atoms with Crippen LogP contribution in [-0.4, -0.2) is 30.3 Å². The van der Waals surface area contributed by atoms with Gasteiger partial charge in [0.2, 0.25) is 0 Å². The number of aromatic nitrogens is 5. The molecular weight excluding hydrogens is 372 g/mol. The van der Waals surface area contributed by atoms with E-state index in [2.05, 4.69) is 45.2 Å². The smallest absolute Gasteiger partial charge is 0.145 e. The zero-order valence-corrected chi connectivity index (χ0v) is 15.9. The van der Waals surface area contributed by atoms with Gasteiger partial charge >= 0.3 is 0 Å². The third-order valence-electron chi connectivity index (χ3n) is 6.41. The summed E-state index contributed by atoms with van der Waals surface area (Å²) in [5.74, 6) is 0. The van der Waals surface area contributed by atoms with Crippen LogP contribution in [0, 0.1) is 0 Å². The van der Waals surface area contributed by atoms with E-state index in [1.807, 2.05) is 12.3 Å². The molecule has 0 spiro atoms. The Morgan fingerprint density at radius 2 is 1.50 bits per heavy atom. The summed E-state index contributed by atoms with van der Waals surface area (Å²) in [4.78, 5) is 19.4. The lowest BCUT2D eigenvalue weighted by molar-refractivity contribution is 0.918. The van der Waals surface area contributed by atoms with Crippen LogP contribution in [0.25, 0.3) is 61.0 Å². The van der Waals surface area contributed by atoms with Gasteiger partial charge in [-0.15, -0.1) is 0 Å². The molecule has 6 nitrogen and oxygen atoms in total. The van der Waals surface area contributed by atoms with Crippen LogP contribution in [0.4, 0.5) is 0 Å². The molecule has 0 fully saturated rings. The van der Waals surface area contributed by atoms with E-state index >= 15 is 0 Å². The molecule has 0 N–H and O–H groups in total. The van der Waals surface area contributed by atoms with Crippen molar-refractivity contribution in [1.82, 2.24) is 23.8 Å². The Labute approximate surface area is 168 Å². The normalized spacial score (nSPS) is 14.3. The maximum atomic E-state index is 4.96. The first-order valence-corrected chi connectivity index (χ1v) is 10.1. The lowest BCUT2D eigenvalue weighted by Gasteiger charge is -2.11. The minimum atomic E-state index is 0.808. The number of pyridine rings is 1. The Balaban J connectivity index is 1.96. The molecule has 0 bridgehead atoms. The molecule has 1 aliphatic heterocycles. The van der Waals surface area contributed by atoms with Crippen molar-refractivity contribution < 1.29 is 0 Å². The van der Waals surface area contributed by atoms with Gasteiger partial charge in [0.15, 0.2) is 0 Å². The number of benzene rings is 2. The molecule has 0 radical (unpaired) electrons. The molecule has 0 aliphatic carbocycles. The Morgan fingerprint density at radius 1 is 0.733 bits per heavy atom. The Hall–Kier alpha value is -4.06. The molecule has 5 aromatic heterocycles. The summed E-state index contributed by atoms with van der Waals surface area (Å²) < 4.78 is 4.62. The van der Waals surface area contributed by atoms with Crippen molar-refractivity contribution in [2.45, 2.75) is 6.42 Å². The van der Waals surface area contributed by atoms with Crippen LogP contribution in [0.15, 0.2) is 60.0 Å². The summed E-state index contributed by atoms with van der Waals surface area (Å²) in [5.41, 5.74) is 8.37. The predicted molar refractivity (Wildman–Crippen MR) is 118 cm³/mol. The van der Waals surface area contributed by atoms with Crippen LogP contribution in [0.3, 0.4) is 0 Å². The molecule has 30 heavy (non-hydrogen) atoms. The molecule has 0 unspecified atom stereocenters. The van der Waals surface area contributed by atoms with Crippen molar-refractivity contribution in [2.75, 3.05) is 6.54 Å². The maximum Gasteiger partial charge on any atom is 0.145 e. The highest BCUT2D eigenvalue weighted by Gasteiger charge is 2.25. The molecule has 0 amide bonds. The Kier molecular flexibility index (Phi) is 2.44. The van der Waals surface area contributed by atoms with Gasteiger partial charge in [-0.25, -0.2) is 4.98 Å². The van der Waals surface area contributed by atoms with Crippen molar-refractivity contribution in [2.24, 2.45) is 4.99 Å². The lowest BCUT2D eigenvalue weighted by atomic mass is 10.1. The van der Waals surface area contributed by atoms with Gasteiger partial charge in [-0.2, -0.15) is 0 Å². The number of rotatable bonds is 0. The van der Waals surface area contributed by atoms with E-state index in [0.29, 0.717) is 0 Å². The third-order valence-corrected chi connectivity index (χ3v) is 6.41. The number of nitrogens with zero attached hydrogens (tertiary/aromatic N) is 6. The van der Waals surface area contributed by atoms with Gasteiger partial charge in [0.1, 0.15) is 11.1 Å². The molecule has 6 heterocycles. The number of fused-ring (bicyclic) bond motifs is 12. The Morgan fingerprint density at radius 3 is 2.37 bits per heavy atom. The van der Waals surface area contributed by atoms with Crippen LogP contribution in [0.5, 0.6) is 0 Å². The fraction of sp³-hybridized carbons (Fsp3) is 0.0833. The average Bonchev–Trinajstić information content (AvgIpc) is 3.34. The summed E-state index contributed by atoms with van der Waals surface area (Å²) in [7, 11) is 0. The molecular formula is C24H14N6. The van der Waals surface area contributed by atoms with Crippen LogP contribution in [-0.2, 0) is 0 Å². The van der Waals surface area contributed by atoms with Crippen LogP contribution < -0.4 is 10.7 Å². The maximum absolute atomic E-state index is 4.96. The molecule has 140 valence electrons. The summed E-state index contributed by atoms with van der Waals surface area (Å²) in [6, 6.07) is 12.6. The number of hydrogen-bond acceptors (Lipinski definition) is 4. The molecule has 8 rings (SSSR count). The largest absolute Gasteiger partial charge is 0.290 e. The van der Waals surface area contributed by atoms with Gasteiger partial charge in [0.25, 0.3) is 0 Å². The van der Waals surface area contributed by atoms with E-state index in [1.165, 1.54) is 5.22 Å². The Bertz CT molecular complexity index is 1820. The van der Waals surface area contributed by atoms with E-state index in [1.54, 1.807) is 12.4 Å². The van der Waals surface area contributed by atoms with Crippen molar-refractivity contribution in [3.05, 3.63) is 65.7 Å². The fourth-order valence-electron chi connectivity index (χ4n) is 5.37. The monoisotopic (exact) mass is 386 g/mol. The van der Waals surface area contributed by atoms with E-state index in [9.17, 15) is 0 Å². The SMILES string of the molecule is C1=c2c(n3c4ccccc4n4c5ncccc5c5c6nccnc6c2c3c54)=NCC1. The second kappa shape index (κ2) is 4.91. The highest BCUT2D eigenvalue weighted by atomic mass is 15.1. The summed E-state index contributed by atoms with van der Waals surface area (Å²) in [6.45, 7) is 0.808. The van der Waals surface area contributed by atoms with Crippen molar-refractivity contribution >= 4 is 61.0 Å². The third kappa shape index (κ3) is 1.49. The van der Waals surface area contributed by atoms with Crippen molar-refractivity contribution in [3.8, 4) is 0 Å². The van der Waals surface area contributed by atoms with Crippen LogP contribution in [0.2, 0.25) is 0 Å². The fourth-order valence-corrected chi connectivity index (χ4v) is 5.37. The zero-order chi connectivity index (χ0) is 19.4. The molecule has 2 aromatic carbocycles. The standard InChI is InChI=1S/C24H14N6/c1-2-8-16-15(7-1)29-21-17(13-5-3-9-27-23(13)29)19-20(26-12-11-25-19)18-14-6-4-10-28-24(14)30(16)22(18)21/h1-3,5-9,11-12H,4,10H2. The zero-order valence-electron chi connectivity index (χ0n) is 15.9. The first-order valence-electron chi connectivity index (χ1n) is 10.1. The molecule has 0 saturated heterocycles. The highest BCUT2D eigenvalue weighted by molar-refractivity contribution is 6.30. The van der Waals surface area contributed by atoms with Crippen molar-refractivity contribution in [3.63, 3.8) is 0 Å². The minimum absolute atomic E-state index is 0.808. The lowest BCUT2D eigenvalue weighted by Crippen LogP contribution is -2.29. The van der Waals surface area contributed by atoms with Gasteiger partial charge < -0.3 is 0 Å². The second-order valence-corrected chi connectivity index (χ2v) is 7.85. The van der Waals surface area contributed by atoms with E-state index in [0.717, 1.165) is 73.4 Å². The molecule has 0 saturated carbocycles. The van der Waals surface area contributed by atoms with Crippen LogP contribution in [0.1, 0.15) is 6.42 Å². The number of hydrogen-bond donors (Lipinski definition) is 0.